The number of anilines is 1. The van der Waals surface area contributed by atoms with Gasteiger partial charge in [0.05, 0.1) is 4.90 Å². The molecular weight excluding hydrogens is 334 g/mol. The van der Waals surface area contributed by atoms with Gasteiger partial charge < -0.3 is 5.32 Å². The average Bonchev–Trinajstić information content (AvgIpc) is 3.39. The molecule has 130 valence electrons. The summed E-state index contributed by atoms with van der Waals surface area (Å²) in [5, 5.41) is 6.14. The maximum Gasteiger partial charge on any atom is 0.294 e. The van der Waals surface area contributed by atoms with Gasteiger partial charge in [0.15, 0.2) is 0 Å². The van der Waals surface area contributed by atoms with Crippen molar-refractivity contribution in [1.82, 2.24) is 0 Å². The molecule has 1 fully saturated rings. The Balaban J connectivity index is 0.000000151. The zero-order valence-corrected chi connectivity index (χ0v) is 14.8. The van der Waals surface area contributed by atoms with Crippen LogP contribution in [0.1, 0.15) is 18.4 Å². The summed E-state index contributed by atoms with van der Waals surface area (Å²) in [7, 11) is -4.02. The third-order valence-corrected chi connectivity index (χ3v) is 4.88. The molecule has 25 heavy (non-hydrogen) atoms. The summed E-state index contributed by atoms with van der Waals surface area (Å²) in [4.78, 5) is -0.0666. The fourth-order valence-electron chi connectivity index (χ4n) is 2.45. The van der Waals surface area contributed by atoms with Crippen LogP contribution in [-0.2, 0) is 10.1 Å². The van der Waals surface area contributed by atoms with Crippen LogP contribution < -0.4 is 5.32 Å². The Kier molecular flexibility index (Phi) is 5.06. The molecule has 3 aromatic rings. The molecule has 0 amide bonds. The zero-order chi connectivity index (χ0) is 17.9. The van der Waals surface area contributed by atoms with Crippen molar-refractivity contribution in [2.24, 2.45) is 0 Å². The third-order valence-electron chi connectivity index (χ3n) is 4.02. The highest BCUT2D eigenvalue weighted by Crippen LogP contribution is 2.26. The van der Waals surface area contributed by atoms with Crippen molar-refractivity contribution in [3.8, 4) is 0 Å². The highest BCUT2D eigenvalue weighted by Gasteiger charge is 2.20. The maximum atomic E-state index is 10.5. The summed E-state index contributed by atoms with van der Waals surface area (Å²) in [6.45, 7) is 1.84. The van der Waals surface area contributed by atoms with Gasteiger partial charge in [-0.1, -0.05) is 48.0 Å². The third kappa shape index (κ3) is 5.05. The SMILES string of the molecule is Cc1ccc(S(=O)(=O)O)cc1.c1ccc2cc(NC3CC3)ccc2c1. The van der Waals surface area contributed by atoms with E-state index in [2.05, 4.69) is 47.8 Å². The predicted molar refractivity (Wildman–Crippen MR) is 102 cm³/mol. The summed E-state index contributed by atoms with van der Waals surface area (Å²) in [5.74, 6) is 0. The molecule has 0 saturated heterocycles. The summed E-state index contributed by atoms with van der Waals surface area (Å²) >= 11 is 0. The Morgan fingerprint density at radius 2 is 1.56 bits per heavy atom. The van der Waals surface area contributed by atoms with Gasteiger partial charge in [0.1, 0.15) is 0 Å². The van der Waals surface area contributed by atoms with E-state index in [1.807, 2.05) is 6.92 Å². The van der Waals surface area contributed by atoms with Crippen molar-refractivity contribution < 1.29 is 13.0 Å². The van der Waals surface area contributed by atoms with Crippen molar-refractivity contribution in [2.45, 2.75) is 30.7 Å². The molecule has 0 bridgehead atoms. The smallest absolute Gasteiger partial charge is 0.294 e. The molecule has 3 aromatic carbocycles. The highest BCUT2D eigenvalue weighted by molar-refractivity contribution is 7.85. The summed E-state index contributed by atoms with van der Waals surface area (Å²) < 4.78 is 29.6. The van der Waals surface area contributed by atoms with Crippen molar-refractivity contribution in [3.63, 3.8) is 0 Å². The van der Waals surface area contributed by atoms with E-state index in [0.717, 1.165) is 11.6 Å². The molecule has 1 saturated carbocycles. The molecular formula is C20H21NO3S. The van der Waals surface area contributed by atoms with Crippen LogP contribution in [0.2, 0.25) is 0 Å². The second-order valence-electron chi connectivity index (χ2n) is 6.27. The molecule has 1 aliphatic carbocycles. The van der Waals surface area contributed by atoms with E-state index in [1.165, 1.54) is 41.4 Å². The number of benzene rings is 3. The van der Waals surface area contributed by atoms with E-state index in [-0.39, 0.29) is 4.90 Å². The lowest BCUT2D eigenvalue weighted by atomic mass is 10.1. The van der Waals surface area contributed by atoms with Crippen LogP contribution in [0.4, 0.5) is 5.69 Å². The fraction of sp³-hybridized carbons (Fsp3) is 0.200. The van der Waals surface area contributed by atoms with Crippen molar-refractivity contribution in [2.75, 3.05) is 5.32 Å². The second-order valence-corrected chi connectivity index (χ2v) is 7.69. The van der Waals surface area contributed by atoms with Gasteiger partial charge in [0.25, 0.3) is 10.1 Å². The van der Waals surface area contributed by atoms with E-state index in [1.54, 1.807) is 12.1 Å². The summed E-state index contributed by atoms with van der Waals surface area (Å²) in [6, 6.07) is 21.8. The molecule has 0 atom stereocenters. The van der Waals surface area contributed by atoms with E-state index in [4.69, 9.17) is 4.55 Å². The van der Waals surface area contributed by atoms with Crippen LogP contribution in [-0.4, -0.2) is 19.0 Å². The molecule has 0 heterocycles. The highest BCUT2D eigenvalue weighted by atomic mass is 32.2. The van der Waals surface area contributed by atoms with E-state index in [0.29, 0.717) is 0 Å². The van der Waals surface area contributed by atoms with Gasteiger partial charge in [-0.2, -0.15) is 8.42 Å². The van der Waals surface area contributed by atoms with Crippen LogP contribution in [0.3, 0.4) is 0 Å². The number of hydrogen-bond donors (Lipinski definition) is 2. The first kappa shape index (κ1) is 17.5. The monoisotopic (exact) mass is 355 g/mol. The topological polar surface area (TPSA) is 66.4 Å². The number of nitrogens with one attached hydrogen (secondary N) is 1. The Morgan fingerprint density at radius 3 is 2.16 bits per heavy atom. The Morgan fingerprint density at radius 1 is 0.920 bits per heavy atom. The lowest BCUT2D eigenvalue weighted by Gasteiger charge is -2.05. The largest absolute Gasteiger partial charge is 0.382 e. The van der Waals surface area contributed by atoms with E-state index in [9.17, 15) is 8.42 Å². The molecule has 4 nitrogen and oxygen atoms in total. The lowest BCUT2D eigenvalue weighted by molar-refractivity contribution is 0.483. The summed E-state index contributed by atoms with van der Waals surface area (Å²) in [6.07, 6.45) is 2.65. The van der Waals surface area contributed by atoms with Crippen LogP contribution in [0, 0.1) is 6.92 Å². The predicted octanol–water partition coefficient (Wildman–Crippen LogP) is 4.66. The van der Waals surface area contributed by atoms with E-state index >= 15 is 0 Å². The molecule has 4 rings (SSSR count). The fourth-order valence-corrected chi connectivity index (χ4v) is 2.93. The Labute approximate surface area is 148 Å². The minimum Gasteiger partial charge on any atom is -0.382 e. The van der Waals surface area contributed by atoms with Crippen LogP contribution in [0.5, 0.6) is 0 Å². The van der Waals surface area contributed by atoms with Crippen molar-refractivity contribution >= 4 is 26.6 Å². The minimum absolute atomic E-state index is 0.0666. The number of aryl methyl sites for hydroxylation is 1. The maximum absolute atomic E-state index is 10.5. The Bertz CT molecular complexity index is 962. The van der Waals surface area contributed by atoms with Gasteiger partial charge in [-0.3, -0.25) is 4.55 Å². The molecule has 2 N–H and O–H groups in total. The van der Waals surface area contributed by atoms with Crippen molar-refractivity contribution in [3.05, 3.63) is 72.3 Å². The van der Waals surface area contributed by atoms with Gasteiger partial charge in [0.2, 0.25) is 0 Å². The van der Waals surface area contributed by atoms with Crippen LogP contribution in [0.15, 0.2) is 71.6 Å². The second kappa shape index (κ2) is 7.25. The number of fused-ring (bicyclic) bond motifs is 1. The van der Waals surface area contributed by atoms with Gasteiger partial charge in [0, 0.05) is 11.7 Å². The van der Waals surface area contributed by atoms with Gasteiger partial charge in [-0.25, -0.2) is 0 Å². The number of hydrogen-bond acceptors (Lipinski definition) is 3. The summed E-state index contributed by atoms with van der Waals surface area (Å²) in [5.41, 5.74) is 2.21. The van der Waals surface area contributed by atoms with Gasteiger partial charge >= 0.3 is 0 Å². The first-order valence-electron chi connectivity index (χ1n) is 8.21. The zero-order valence-electron chi connectivity index (χ0n) is 14.0. The standard InChI is InChI=1S/C13H13N.C7H8O3S/c1-2-4-11-9-13(14-12-7-8-12)6-5-10(11)3-1;1-6-2-4-7(5-3-6)11(8,9)10/h1-6,9,12,14H,7-8H2;2-5H,1H3,(H,8,9,10). The van der Waals surface area contributed by atoms with Gasteiger partial charge in [-0.15, -0.1) is 0 Å². The molecule has 0 unspecified atom stereocenters. The first-order chi connectivity index (χ1) is 11.9. The van der Waals surface area contributed by atoms with Crippen LogP contribution >= 0.6 is 0 Å². The van der Waals surface area contributed by atoms with Crippen LogP contribution in [0.25, 0.3) is 10.8 Å². The quantitative estimate of drug-likeness (QED) is 0.671. The lowest BCUT2D eigenvalue weighted by Crippen LogP contribution is -1.99. The molecule has 0 radical (unpaired) electrons. The first-order valence-corrected chi connectivity index (χ1v) is 9.65. The molecule has 5 heteroatoms. The normalized spacial score (nSPS) is 13.8. The van der Waals surface area contributed by atoms with E-state index < -0.39 is 10.1 Å². The van der Waals surface area contributed by atoms with Gasteiger partial charge in [-0.05, 0) is 54.8 Å². The number of rotatable bonds is 3. The molecule has 0 aromatic heterocycles. The van der Waals surface area contributed by atoms with Crippen molar-refractivity contribution in [1.29, 1.82) is 0 Å². The minimum atomic E-state index is -4.02. The average molecular weight is 355 g/mol. The molecule has 0 spiro atoms. The Hall–Kier alpha value is -2.37. The molecule has 0 aliphatic heterocycles. The molecule has 1 aliphatic rings.